The molecule has 0 aromatic carbocycles. The maximum absolute atomic E-state index is 10.1. The monoisotopic (exact) mass is 306 g/mol. The van der Waals surface area contributed by atoms with Crippen molar-refractivity contribution in [2.75, 3.05) is 11.0 Å². The second-order valence-corrected chi connectivity index (χ2v) is 2.56. The molecule has 0 saturated carbocycles. The van der Waals surface area contributed by atoms with E-state index in [1.807, 2.05) is 22.6 Å². The number of hydrogen-bond acceptors (Lipinski definition) is 6. The number of halogens is 1. The van der Waals surface area contributed by atoms with Crippen molar-refractivity contribution in [1.29, 1.82) is 0 Å². The summed E-state index contributed by atoms with van der Waals surface area (Å²) in [7, 11) is -2.17. The molecule has 13 heavy (non-hydrogen) atoms. The Morgan fingerprint density at radius 1 is 1.31 bits per heavy atom. The third-order valence-corrected chi connectivity index (χ3v) is 0.925. The van der Waals surface area contributed by atoms with Crippen LogP contribution in [0.5, 0.6) is 0 Å². The van der Waals surface area contributed by atoms with Crippen molar-refractivity contribution in [3.05, 3.63) is 0 Å². The Kier molecular flexibility index (Phi) is 11.3. The molecule has 0 rings (SSSR count). The first-order chi connectivity index (χ1) is 5.91. The highest BCUT2D eigenvalue weighted by molar-refractivity contribution is 14.1. The summed E-state index contributed by atoms with van der Waals surface area (Å²) in [6.07, 6.45) is 0. The van der Waals surface area contributed by atoms with E-state index < -0.39 is 19.3 Å². The molecule has 0 heterocycles. The van der Waals surface area contributed by atoms with E-state index >= 15 is 0 Å². The first-order valence-corrected chi connectivity index (χ1v) is 4.44. The van der Waals surface area contributed by atoms with E-state index in [9.17, 15) is 9.59 Å². The minimum absolute atomic E-state index is 0.158. The van der Waals surface area contributed by atoms with Crippen molar-refractivity contribution in [3.8, 4) is 0 Å². The lowest BCUT2D eigenvalue weighted by molar-refractivity contribution is -0.163. The molecule has 0 saturated heterocycles. The molecule has 4 N–H and O–H groups in total. The second-order valence-electron chi connectivity index (χ2n) is 1.48. The number of carboxylic acid groups (broad SMARTS) is 1. The molecule has 0 aliphatic heterocycles. The molecule has 0 aromatic rings. The van der Waals surface area contributed by atoms with E-state index in [0.29, 0.717) is 4.43 Å². The Morgan fingerprint density at radius 3 is 1.92 bits per heavy atom. The van der Waals surface area contributed by atoms with Gasteiger partial charge in [-0.05, 0) is 0 Å². The topological polar surface area (TPSA) is 124 Å². The summed E-state index contributed by atoms with van der Waals surface area (Å²) in [5.74, 6) is -2.73. The van der Waals surface area contributed by atoms with Gasteiger partial charge in [-0.15, -0.1) is 0 Å². The molecule has 0 aliphatic rings. The lowest BCUT2D eigenvalue weighted by atomic mass is 10.3. The maximum Gasteiger partial charge on any atom is 0.631 e. The molecule has 9 heteroatoms. The van der Waals surface area contributed by atoms with Crippen molar-refractivity contribution < 1.29 is 34.5 Å². The van der Waals surface area contributed by atoms with E-state index in [1.54, 1.807) is 0 Å². The van der Waals surface area contributed by atoms with Crippen LogP contribution in [-0.2, 0) is 14.3 Å². The van der Waals surface area contributed by atoms with Crippen molar-refractivity contribution in [2.45, 2.75) is 0 Å². The van der Waals surface area contributed by atoms with E-state index in [0.717, 1.165) is 0 Å². The fourth-order valence-corrected chi connectivity index (χ4v) is 0.413. The predicted molar refractivity (Wildman–Crippen MR) is 49.9 cm³/mol. The number of rotatable bonds is 2. The number of carbonyl (C=O) groups is 2. The lowest BCUT2D eigenvalue weighted by Gasteiger charge is -1.94. The molecule has 0 atom stereocenters. The smallest absolute Gasteiger partial charge is 0.473 e. The van der Waals surface area contributed by atoms with Gasteiger partial charge in [0.15, 0.2) is 0 Å². The normalized spacial score (nSPS) is 8.00. The Balaban J connectivity index is 0. The van der Waals surface area contributed by atoms with Crippen LogP contribution in [0.25, 0.3) is 0 Å². The molecule has 0 spiro atoms. The van der Waals surface area contributed by atoms with Crippen molar-refractivity contribution >= 4 is 41.9 Å². The van der Waals surface area contributed by atoms with Gasteiger partial charge in [-0.3, -0.25) is 0 Å². The zero-order valence-electron chi connectivity index (χ0n) is 6.38. The molecule has 7 nitrogen and oxygen atoms in total. The van der Waals surface area contributed by atoms with Gasteiger partial charge >= 0.3 is 19.3 Å². The summed E-state index contributed by atoms with van der Waals surface area (Å²) < 4.78 is 4.81. The van der Waals surface area contributed by atoms with Gasteiger partial charge in [-0.1, -0.05) is 22.6 Å². The van der Waals surface area contributed by atoms with Crippen LogP contribution in [0.15, 0.2) is 0 Å². The van der Waals surface area contributed by atoms with Gasteiger partial charge in [0.2, 0.25) is 0 Å². The Hall–Kier alpha value is -0.385. The zero-order chi connectivity index (χ0) is 10.9. The van der Waals surface area contributed by atoms with Gasteiger partial charge in [0.05, 0.1) is 0 Å². The summed E-state index contributed by atoms with van der Waals surface area (Å²) in [4.78, 5) is 19.8. The maximum atomic E-state index is 10.1. The predicted octanol–water partition coefficient (Wildman–Crippen LogP) is -2.00. The number of carboxylic acids is 1. The average molecular weight is 306 g/mol. The Bertz CT molecular complexity index is 158. The van der Waals surface area contributed by atoms with E-state index in [4.69, 9.17) is 20.2 Å². The van der Waals surface area contributed by atoms with Crippen LogP contribution in [0.4, 0.5) is 0 Å². The van der Waals surface area contributed by atoms with Gasteiger partial charge in [0, 0.05) is 4.43 Å². The van der Waals surface area contributed by atoms with Gasteiger partial charge in [-0.25, -0.2) is 9.59 Å². The fourth-order valence-electron chi connectivity index (χ4n) is 0.193. The molecule has 0 aromatic heterocycles. The van der Waals surface area contributed by atoms with Crippen LogP contribution in [-0.4, -0.2) is 50.5 Å². The zero-order valence-corrected chi connectivity index (χ0v) is 8.54. The summed E-state index contributed by atoms with van der Waals surface area (Å²) in [5.41, 5.74) is 0. The van der Waals surface area contributed by atoms with Gasteiger partial charge in [0.1, 0.15) is 6.61 Å². The summed E-state index contributed by atoms with van der Waals surface area (Å²) in [5, 5.41) is 29.4. The Labute approximate surface area is 87.6 Å². The average Bonchev–Trinajstić information content (AvgIpc) is 1.98. The van der Waals surface area contributed by atoms with Crippen molar-refractivity contribution in [3.63, 3.8) is 0 Å². The number of hydrogen-bond donors (Lipinski definition) is 4. The standard InChI is InChI=1S/C4H5IO4.BH3O3/c5-1-2-9-4(8)3(6)7;2-1(3)4/h1-2H2,(H,6,7);2-4H. The first kappa shape index (κ1) is 15.1. The van der Waals surface area contributed by atoms with E-state index in [1.165, 1.54) is 0 Å². The van der Waals surface area contributed by atoms with E-state index in [-0.39, 0.29) is 6.61 Å². The van der Waals surface area contributed by atoms with Crippen LogP contribution < -0.4 is 0 Å². The fraction of sp³-hybridized carbons (Fsp3) is 0.500. The minimum atomic E-state index is -2.17. The third kappa shape index (κ3) is 18.5. The molecule has 0 unspecified atom stereocenters. The van der Waals surface area contributed by atoms with E-state index in [2.05, 4.69) is 4.74 Å². The SMILES string of the molecule is O=C(O)C(=O)OCCI.OB(O)O. The number of aliphatic carboxylic acids is 1. The third-order valence-electron chi connectivity index (χ3n) is 0.485. The second kappa shape index (κ2) is 9.70. The molecular weight excluding hydrogens is 298 g/mol. The summed E-state index contributed by atoms with van der Waals surface area (Å²) in [6.45, 7) is 0.158. The van der Waals surface area contributed by atoms with Gasteiger partial charge < -0.3 is 24.9 Å². The van der Waals surface area contributed by atoms with Crippen LogP contribution in [0, 0.1) is 0 Å². The van der Waals surface area contributed by atoms with Crippen LogP contribution in [0.2, 0.25) is 0 Å². The number of ether oxygens (including phenoxy) is 1. The summed E-state index contributed by atoms with van der Waals surface area (Å²) in [6, 6.07) is 0. The number of carbonyl (C=O) groups excluding carboxylic acids is 1. The molecular formula is C4H8BIO7. The molecule has 0 fully saturated rings. The van der Waals surface area contributed by atoms with Gasteiger partial charge in [0.25, 0.3) is 0 Å². The molecule has 0 bridgehead atoms. The first-order valence-electron chi connectivity index (χ1n) is 2.92. The lowest BCUT2D eigenvalue weighted by Crippen LogP contribution is -2.17. The minimum Gasteiger partial charge on any atom is -0.473 e. The highest BCUT2D eigenvalue weighted by Crippen LogP contribution is 1.83. The highest BCUT2D eigenvalue weighted by atomic mass is 127. The number of alkyl halides is 1. The summed E-state index contributed by atoms with van der Waals surface area (Å²) >= 11 is 1.97. The molecule has 0 radical (unpaired) electrons. The van der Waals surface area contributed by atoms with Crippen LogP contribution in [0.3, 0.4) is 0 Å². The Morgan fingerprint density at radius 2 is 1.69 bits per heavy atom. The van der Waals surface area contributed by atoms with Crippen LogP contribution in [0.1, 0.15) is 0 Å². The molecule has 76 valence electrons. The van der Waals surface area contributed by atoms with Crippen LogP contribution >= 0.6 is 22.6 Å². The number of esters is 1. The van der Waals surface area contributed by atoms with Crippen molar-refractivity contribution in [2.24, 2.45) is 0 Å². The quantitative estimate of drug-likeness (QED) is 0.153. The largest absolute Gasteiger partial charge is 0.631 e. The van der Waals surface area contributed by atoms with Crippen molar-refractivity contribution in [1.82, 2.24) is 0 Å². The molecule has 0 aliphatic carbocycles. The van der Waals surface area contributed by atoms with Gasteiger partial charge in [-0.2, -0.15) is 0 Å². The highest BCUT2D eigenvalue weighted by Gasteiger charge is 2.10. The molecule has 0 amide bonds.